The molecule has 0 aliphatic heterocycles. The minimum Gasteiger partial charge on any atom is -0.309 e. The molecule has 1 aromatic rings. The van der Waals surface area contributed by atoms with Crippen LogP contribution in [0.3, 0.4) is 0 Å². The second-order valence-corrected chi connectivity index (χ2v) is 5.80. The van der Waals surface area contributed by atoms with Gasteiger partial charge in [0.1, 0.15) is 10.9 Å². The maximum absolute atomic E-state index is 8.71. The number of rotatable bonds is 6. The number of hydrogen-bond acceptors (Lipinski definition) is 3. The number of thiophene rings is 1. The molecule has 0 fully saturated rings. The van der Waals surface area contributed by atoms with Gasteiger partial charge in [0.25, 0.3) is 0 Å². The molecule has 1 N–H and O–H groups in total. The molecule has 3 heteroatoms. The molecule has 0 amide bonds. The van der Waals surface area contributed by atoms with Gasteiger partial charge in [-0.1, -0.05) is 13.8 Å². The summed E-state index contributed by atoms with van der Waals surface area (Å²) in [6, 6.07) is 6.64. The Labute approximate surface area is 102 Å². The van der Waals surface area contributed by atoms with Crippen LogP contribution in [-0.4, -0.2) is 6.04 Å². The lowest BCUT2D eigenvalue weighted by atomic mass is 10.0. The number of nitrogens with one attached hydrogen (secondary N) is 1. The van der Waals surface area contributed by atoms with Crippen LogP contribution in [0, 0.1) is 17.2 Å². The van der Waals surface area contributed by atoms with Gasteiger partial charge in [0.2, 0.25) is 0 Å². The molecular formula is C13H20N2S. The summed E-state index contributed by atoms with van der Waals surface area (Å²) < 4.78 is 0. The first-order valence-corrected chi connectivity index (χ1v) is 6.65. The Hall–Kier alpha value is -0.850. The van der Waals surface area contributed by atoms with E-state index in [1.165, 1.54) is 17.7 Å². The smallest absolute Gasteiger partial charge is 0.110 e. The molecule has 1 aromatic heterocycles. The summed E-state index contributed by atoms with van der Waals surface area (Å²) in [4.78, 5) is 2.04. The quantitative estimate of drug-likeness (QED) is 0.820. The molecule has 0 bridgehead atoms. The van der Waals surface area contributed by atoms with Crippen molar-refractivity contribution in [1.82, 2.24) is 5.32 Å². The Bertz CT molecular complexity index is 349. The summed E-state index contributed by atoms with van der Waals surface area (Å²) >= 11 is 1.58. The first-order chi connectivity index (χ1) is 7.61. The highest BCUT2D eigenvalue weighted by Gasteiger charge is 2.04. The Morgan fingerprint density at radius 1 is 1.31 bits per heavy atom. The van der Waals surface area contributed by atoms with Crippen molar-refractivity contribution in [2.75, 3.05) is 0 Å². The minimum atomic E-state index is 0.551. The zero-order chi connectivity index (χ0) is 12.0. The Morgan fingerprint density at radius 2 is 2.06 bits per heavy atom. The molecule has 0 saturated heterocycles. The molecule has 0 radical (unpaired) electrons. The van der Waals surface area contributed by atoms with E-state index in [4.69, 9.17) is 5.26 Å². The van der Waals surface area contributed by atoms with Crippen LogP contribution in [0.25, 0.3) is 0 Å². The van der Waals surface area contributed by atoms with E-state index in [0.717, 1.165) is 17.3 Å². The van der Waals surface area contributed by atoms with Gasteiger partial charge in [0.15, 0.2) is 0 Å². The topological polar surface area (TPSA) is 35.8 Å². The van der Waals surface area contributed by atoms with Gasteiger partial charge in [-0.15, -0.1) is 11.3 Å². The highest BCUT2D eigenvalue weighted by molar-refractivity contribution is 7.12. The SMILES string of the molecule is CC(C)CCC(C)NCc1ccc(C#N)s1. The van der Waals surface area contributed by atoms with Crippen molar-refractivity contribution >= 4 is 11.3 Å². The van der Waals surface area contributed by atoms with E-state index in [-0.39, 0.29) is 0 Å². The van der Waals surface area contributed by atoms with Crippen molar-refractivity contribution in [1.29, 1.82) is 5.26 Å². The van der Waals surface area contributed by atoms with Crippen molar-refractivity contribution in [2.45, 2.75) is 46.2 Å². The van der Waals surface area contributed by atoms with Gasteiger partial charge in [-0.05, 0) is 37.8 Å². The highest BCUT2D eigenvalue weighted by Crippen LogP contribution is 2.15. The third-order valence-corrected chi connectivity index (χ3v) is 3.56. The van der Waals surface area contributed by atoms with Crippen LogP contribution in [0.5, 0.6) is 0 Å². The van der Waals surface area contributed by atoms with Crippen molar-refractivity contribution in [3.05, 3.63) is 21.9 Å². The molecule has 0 spiro atoms. The average molecular weight is 236 g/mol. The first-order valence-electron chi connectivity index (χ1n) is 5.84. The largest absolute Gasteiger partial charge is 0.309 e. The third-order valence-electron chi connectivity index (χ3n) is 2.57. The fourth-order valence-electron chi connectivity index (χ4n) is 1.49. The highest BCUT2D eigenvalue weighted by atomic mass is 32.1. The van der Waals surface area contributed by atoms with Crippen LogP contribution >= 0.6 is 11.3 Å². The molecule has 2 nitrogen and oxygen atoms in total. The average Bonchev–Trinajstić information content (AvgIpc) is 2.71. The predicted molar refractivity (Wildman–Crippen MR) is 69.4 cm³/mol. The summed E-state index contributed by atoms with van der Waals surface area (Å²) in [5, 5.41) is 12.2. The zero-order valence-electron chi connectivity index (χ0n) is 10.3. The summed E-state index contributed by atoms with van der Waals surface area (Å²) in [7, 11) is 0. The molecule has 1 atom stereocenters. The van der Waals surface area contributed by atoms with Crippen LogP contribution in [0.4, 0.5) is 0 Å². The third kappa shape index (κ3) is 4.78. The Balaban J connectivity index is 2.26. The van der Waals surface area contributed by atoms with E-state index < -0.39 is 0 Å². The van der Waals surface area contributed by atoms with E-state index >= 15 is 0 Å². The van der Waals surface area contributed by atoms with Gasteiger partial charge >= 0.3 is 0 Å². The molecule has 88 valence electrons. The summed E-state index contributed by atoms with van der Waals surface area (Å²) in [6.07, 6.45) is 2.48. The van der Waals surface area contributed by atoms with Crippen molar-refractivity contribution in [3.63, 3.8) is 0 Å². The summed E-state index contributed by atoms with van der Waals surface area (Å²) in [5.41, 5.74) is 0. The second-order valence-electron chi connectivity index (χ2n) is 4.63. The number of hydrogen-bond donors (Lipinski definition) is 1. The van der Waals surface area contributed by atoms with Crippen LogP contribution in [0.15, 0.2) is 12.1 Å². The molecule has 0 aromatic carbocycles. The van der Waals surface area contributed by atoms with Crippen molar-refractivity contribution in [3.8, 4) is 6.07 Å². The lowest BCUT2D eigenvalue weighted by molar-refractivity contribution is 0.452. The summed E-state index contributed by atoms with van der Waals surface area (Å²) in [6.45, 7) is 7.61. The van der Waals surface area contributed by atoms with Gasteiger partial charge in [-0.2, -0.15) is 5.26 Å². The second kappa shape index (κ2) is 6.67. The zero-order valence-corrected chi connectivity index (χ0v) is 11.1. The Kier molecular flexibility index (Phi) is 5.51. The van der Waals surface area contributed by atoms with E-state index in [1.54, 1.807) is 11.3 Å². The molecule has 0 aliphatic carbocycles. The van der Waals surface area contributed by atoms with Gasteiger partial charge in [0.05, 0.1) is 0 Å². The first kappa shape index (κ1) is 13.2. The molecule has 1 unspecified atom stereocenters. The van der Waals surface area contributed by atoms with Gasteiger partial charge in [0, 0.05) is 17.5 Å². The fraction of sp³-hybridized carbons (Fsp3) is 0.615. The van der Waals surface area contributed by atoms with Crippen LogP contribution in [0.1, 0.15) is 43.4 Å². The molecule has 1 rings (SSSR count). The number of nitriles is 1. The van der Waals surface area contributed by atoms with Crippen molar-refractivity contribution < 1.29 is 0 Å². The van der Waals surface area contributed by atoms with E-state index in [1.807, 2.05) is 12.1 Å². The van der Waals surface area contributed by atoms with E-state index in [2.05, 4.69) is 32.2 Å². The fourth-order valence-corrected chi connectivity index (χ4v) is 2.25. The molecule has 0 aliphatic rings. The number of nitrogens with zero attached hydrogens (tertiary/aromatic N) is 1. The molecule has 0 saturated carbocycles. The van der Waals surface area contributed by atoms with Crippen LogP contribution < -0.4 is 5.32 Å². The van der Waals surface area contributed by atoms with Gasteiger partial charge in [-0.3, -0.25) is 0 Å². The standard InChI is InChI=1S/C13H20N2S/c1-10(2)4-5-11(3)15-9-13-7-6-12(8-14)16-13/h6-7,10-11,15H,4-5,9H2,1-3H3. The van der Waals surface area contributed by atoms with E-state index in [9.17, 15) is 0 Å². The monoisotopic (exact) mass is 236 g/mol. The predicted octanol–water partition coefficient (Wildman–Crippen LogP) is 3.53. The minimum absolute atomic E-state index is 0.551. The summed E-state index contributed by atoms with van der Waals surface area (Å²) in [5.74, 6) is 0.774. The molecule has 1 heterocycles. The van der Waals surface area contributed by atoms with Gasteiger partial charge < -0.3 is 5.32 Å². The normalized spacial score (nSPS) is 12.7. The van der Waals surface area contributed by atoms with Crippen LogP contribution in [0.2, 0.25) is 0 Å². The van der Waals surface area contributed by atoms with E-state index in [0.29, 0.717) is 6.04 Å². The lowest BCUT2D eigenvalue weighted by Crippen LogP contribution is -2.25. The Morgan fingerprint density at radius 3 is 2.62 bits per heavy atom. The van der Waals surface area contributed by atoms with Crippen molar-refractivity contribution in [2.24, 2.45) is 5.92 Å². The van der Waals surface area contributed by atoms with Crippen LogP contribution in [-0.2, 0) is 6.54 Å². The maximum Gasteiger partial charge on any atom is 0.110 e. The lowest BCUT2D eigenvalue weighted by Gasteiger charge is -2.14. The molecule has 16 heavy (non-hydrogen) atoms. The maximum atomic E-state index is 8.71. The van der Waals surface area contributed by atoms with Gasteiger partial charge in [-0.25, -0.2) is 0 Å². The molecular weight excluding hydrogens is 216 g/mol.